The normalized spacial score (nSPS) is 19.4. The van der Waals surface area contributed by atoms with Gasteiger partial charge in [0.05, 0.1) is 0 Å². The molecular weight excluding hydrogens is 412 g/mol. The highest BCUT2D eigenvalue weighted by Gasteiger charge is 2.50. The van der Waals surface area contributed by atoms with Crippen LogP contribution in [0.15, 0.2) is 4.99 Å². The van der Waals surface area contributed by atoms with Gasteiger partial charge in [-0.3, -0.25) is 4.99 Å². The molecule has 0 aromatic rings. The Hall–Kier alpha value is -0.300. The zero-order valence-corrected chi connectivity index (χ0v) is 14.2. The van der Waals surface area contributed by atoms with Crippen molar-refractivity contribution in [2.75, 3.05) is 27.2 Å². The van der Waals surface area contributed by atoms with E-state index in [1.165, 1.54) is 0 Å². The number of guanidine groups is 1. The van der Waals surface area contributed by atoms with Crippen LogP contribution in [0.5, 0.6) is 0 Å². The molecule has 0 atom stereocenters. The third-order valence-electron chi connectivity index (χ3n) is 2.89. The Bertz CT molecular complexity index is 433. The van der Waals surface area contributed by atoms with E-state index < -0.39 is 15.5 Å². The zero-order valence-electron chi connectivity index (χ0n) is 11.1. The molecule has 1 fully saturated rings. The average molecular weight is 430 g/mol. The zero-order chi connectivity index (χ0) is 14.7. The Morgan fingerprint density at radius 3 is 2.15 bits per heavy atom. The monoisotopic (exact) mass is 430 g/mol. The first-order valence-electron chi connectivity index (χ1n) is 5.70. The molecule has 20 heavy (non-hydrogen) atoms. The molecule has 0 unspecified atom stereocenters. The first-order chi connectivity index (χ1) is 8.72. The number of piperidine rings is 1. The number of rotatable bonds is 2. The van der Waals surface area contributed by atoms with E-state index in [0.29, 0.717) is 23.1 Å². The molecule has 1 heterocycles. The van der Waals surface area contributed by atoms with Crippen LogP contribution in [0.1, 0.15) is 12.8 Å². The molecule has 0 aromatic heterocycles. The van der Waals surface area contributed by atoms with Crippen molar-refractivity contribution in [3.05, 3.63) is 0 Å². The Morgan fingerprint density at radius 1 is 1.30 bits per heavy atom. The van der Waals surface area contributed by atoms with Gasteiger partial charge in [-0.15, -0.1) is 24.0 Å². The Labute approximate surface area is 133 Å². The topological polar surface area (TPSA) is 73.8 Å². The Morgan fingerprint density at radius 2 is 1.80 bits per heavy atom. The van der Waals surface area contributed by atoms with Crippen molar-refractivity contribution in [3.8, 4) is 0 Å². The summed E-state index contributed by atoms with van der Waals surface area (Å²) in [5.74, 6) is 0.525. The van der Waals surface area contributed by atoms with E-state index in [2.05, 4.69) is 15.6 Å². The van der Waals surface area contributed by atoms with E-state index in [-0.39, 0.29) is 43.1 Å². The van der Waals surface area contributed by atoms with Gasteiger partial charge in [0.25, 0.3) is 0 Å². The van der Waals surface area contributed by atoms with Crippen molar-refractivity contribution in [1.82, 2.24) is 14.9 Å². The molecule has 0 saturated carbocycles. The number of hydrogen-bond acceptors (Lipinski definition) is 3. The van der Waals surface area contributed by atoms with Gasteiger partial charge in [-0.1, -0.05) is 0 Å². The third kappa shape index (κ3) is 4.62. The number of nitrogens with zero attached hydrogens (tertiary/aromatic N) is 2. The number of hydrogen-bond donors (Lipinski definition) is 2. The molecule has 0 aliphatic carbocycles. The summed E-state index contributed by atoms with van der Waals surface area (Å²) >= 11 is 0. The van der Waals surface area contributed by atoms with Crippen LogP contribution in [-0.2, 0) is 10.0 Å². The van der Waals surface area contributed by atoms with Gasteiger partial charge in [0, 0.05) is 33.2 Å². The van der Waals surface area contributed by atoms with Crippen LogP contribution in [0.2, 0.25) is 0 Å². The van der Waals surface area contributed by atoms with Gasteiger partial charge in [0.1, 0.15) is 0 Å². The molecule has 1 saturated heterocycles. The van der Waals surface area contributed by atoms with Crippen molar-refractivity contribution >= 4 is 40.0 Å². The van der Waals surface area contributed by atoms with Crippen LogP contribution in [0.25, 0.3) is 0 Å². The Balaban J connectivity index is 0.00000361. The minimum atomic E-state index is -5.23. The number of sulfonamides is 1. The lowest BCUT2D eigenvalue weighted by atomic mass is 10.1. The van der Waals surface area contributed by atoms with Gasteiger partial charge < -0.3 is 10.6 Å². The van der Waals surface area contributed by atoms with E-state index in [9.17, 15) is 21.6 Å². The second-order valence-corrected chi connectivity index (χ2v) is 6.02. The summed E-state index contributed by atoms with van der Waals surface area (Å²) in [6.07, 6.45) is 0.603. The Kier molecular flexibility index (Phi) is 7.52. The molecule has 11 heteroatoms. The lowest BCUT2D eigenvalue weighted by Crippen LogP contribution is -2.51. The van der Waals surface area contributed by atoms with Crippen LogP contribution in [0, 0.1) is 0 Å². The maximum absolute atomic E-state index is 12.4. The van der Waals surface area contributed by atoms with Crippen LogP contribution < -0.4 is 10.6 Å². The summed E-state index contributed by atoms with van der Waals surface area (Å²) in [5, 5.41) is 5.79. The second-order valence-electron chi connectivity index (χ2n) is 4.09. The van der Waals surface area contributed by atoms with Crippen LogP contribution in [0.4, 0.5) is 13.2 Å². The highest BCUT2D eigenvalue weighted by molar-refractivity contribution is 14.0. The molecule has 0 aromatic carbocycles. The highest BCUT2D eigenvalue weighted by atomic mass is 127. The molecule has 6 nitrogen and oxygen atoms in total. The van der Waals surface area contributed by atoms with E-state index in [1.54, 1.807) is 14.1 Å². The first kappa shape index (κ1) is 19.7. The van der Waals surface area contributed by atoms with Gasteiger partial charge in [0.2, 0.25) is 0 Å². The molecule has 0 spiro atoms. The average Bonchev–Trinajstić information content (AvgIpc) is 2.35. The summed E-state index contributed by atoms with van der Waals surface area (Å²) < 4.78 is 59.9. The standard InChI is InChI=1S/C9H17F3N4O2S.HI/c1-13-8(14-2)15-7-3-5-16(6-4-7)19(17,18)9(10,11)12;/h7H,3-6H2,1-2H3,(H2,13,14,15);1H. The minimum absolute atomic E-state index is 0. The minimum Gasteiger partial charge on any atom is -0.359 e. The van der Waals surface area contributed by atoms with E-state index in [4.69, 9.17) is 0 Å². The van der Waals surface area contributed by atoms with E-state index in [0.717, 1.165) is 0 Å². The van der Waals surface area contributed by atoms with Gasteiger partial charge >= 0.3 is 15.5 Å². The van der Waals surface area contributed by atoms with Crippen molar-refractivity contribution in [2.45, 2.75) is 24.4 Å². The molecule has 0 bridgehead atoms. The van der Waals surface area contributed by atoms with Gasteiger partial charge in [0.15, 0.2) is 5.96 Å². The maximum atomic E-state index is 12.4. The lowest BCUT2D eigenvalue weighted by molar-refractivity contribution is -0.0494. The molecule has 0 radical (unpaired) electrons. The third-order valence-corrected chi connectivity index (χ3v) is 4.52. The molecule has 1 rings (SSSR count). The summed E-state index contributed by atoms with van der Waals surface area (Å²) in [5.41, 5.74) is -5.23. The largest absolute Gasteiger partial charge is 0.511 e. The quantitative estimate of drug-likeness (QED) is 0.385. The fourth-order valence-corrected chi connectivity index (χ4v) is 2.81. The van der Waals surface area contributed by atoms with Crippen molar-refractivity contribution in [1.29, 1.82) is 0 Å². The summed E-state index contributed by atoms with van der Waals surface area (Å²) in [6, 6.07) is -0.0918. The second kappa shape index (κ2) is 7.64. The smallest absolute Gasteiger partial charge is 0.359 e. The molecule has 0 amide bonds. The van der Waals surface area contributed by atoms with Crippen LogP contribution >= 0.6 is 24.0 Å². The molecular formula is C9H18F3IN4O2S. The molecule has 120 valence electrons. The predicted molar refractivity (Wildman–Crippen MR) is 80.5 cm³/mol. The van der Waals surface area contributed by atoms with Crippen LogP contribution in [-0.4, -0.2) is 57.4 Å². The SMILES string of the molecule is CN=C(NC)NC1CCN(S(=O)(=O)C(F)(F)F)CC1.I. The lowest BCUT2D eigenvalue weighted by Gasteiger charge is -2.32. The molecule has 2 N–H and O–H groups in total. The summed E-state index contributed by atoms with van der Waals surface area (Å²) in [6.45, 7) is -0.305. The van der Waals surface area contributed by atoms with Gasteiger partial charge in [-0.25, -0.2) is 8.42 Å². The predicted octanol–water partition coefficient (Wildman–Crippen LogP) is 0.713. The molecule has 1 aliphatic rings. The van der Waals surface area contributed by atoms with E-state index >= 15 is 0 Å². The van der Waals surface area contributed by atoms with Gasteiger partial charge in [-0.2, -0.15) is 17.5 Å². The fraction of sp³-hybridized carbons (Fsp3) is 0.889. The number of alkyl halides is 3. The van der Waals surface area contributed by atoms with Gasteiger partial charge in [-0.05, 0) is 12.8 Å². The number of halogens is 4. The van der Waals surface area contributed by atoms with Crippen LogP contribution in [0.3, 0.4) is 0 Å². The van der Waals surface area contributed by atoms with E-state index in [1.807, 2.05) is 0 Å². The first-order valence-corrected chi connectivity index (χ1v) is 7.14. The van der Waals surface area contributed by atoms with Crippen molar-refractivity contribution in [3.63, 3.8) is 0 Å². The highest BCUT2D eigenvalue weighted by Crippen LogP contribution is 2.28. The maximum Gasteiger partial charge on any atom is 0.511 e. The van der Waals surface area contributed by atoms with Crippen molar-refractivity contribution < 1.29 is 21.6 Å². The summed E-state index contributed by atoms with van der Waals surface area (Å²) in [7, 11) is -1.97. The number of nitrogens with one attached hydrogen (secondary N) is 2. The number of aliphatic imine (C=N–C) groups is 1. The van der Waals surface area contributed by atoms with Crippen molar-refractivity contribution in [2.24, 2.45) is 4.99 Å². The summed E-state index contributed by atoms with van der Waals surface area (Å²) in [4.78, 5) is 3.89. The molecule has 1 aliphatic heterocycles. The fourth-order valence-electron chi connectivity index (χ4n) is 1.83.